The van der Waals surface area contributed by atoms with Gasteiger partial charge in [0.2, 0.25) is 5.91 Å². The Balaban J connectivity index is 2.15. The van der Waals surface area contributed by atoms with Gasteiger partial charge < -0.3 is 10.1 Å². The topological polar surface area (TPSA) is 38.3 Å². The smallest absolute Gasteiger partial charge is 0.230 e. The van der Waals surface area contributed by atoms with E-state index in [-0.39, 0.29) is 5.91 Å². The van der Waals surface area contributed by atoms with Crippen LogP contribution in [0.15, 0.2) is 48.5 Å². The first kappa shape index (κ1) is 16.4. The van der Waals surface area contributed by atoms with Gasteiger partial charge in [-0.1, -0.05) is 55.8 Å². The van der Waals surface area contributed by atoms with Gasteiger partial charge >= 0.3 is 0 Å². The second-order valence-corrected chi connectivity index (χ2v) is 6.28. The largest absolute Gasteiger partial charge is 0.495 e. The molecule has 4 heteroatoms. The van der Waals surface area contributed by atoms with Crippen molar-refractivity contribution < 1.29 is 9.53 Å². The summed E-state index contributed by atoms with van der Waals surface area (Å²) in [5.74, 6) is 0.519. The van der Waals surface area contributed by atoms with E-state index < -0.39 is 5.41 Å². The zero-order chi connectivity index (χ0) is 16.2. The fraction of sp³-hybridized carbons (Fsp3) is 0.278. The normalized spacial score (nSPS) is 11.1. The van der Waals surface area contributed by atoms with Gasteiger partial charge in [-0.3, -0.25) is 4.79 Å². The number of rotatable bonds is 5. The maximum atomic E-state index is 12.6. The van der Waals surface area contributed by atoms with Crippen LogP contribution < -0.4 is 10.1 Å². The average molecular weight is 318 g/mol. The fourth-order valence-corrected chi connectivity index (χ4v) is 2.43. The molecule has 2 rings (SSSR count). The number of benzene rings is 2. The van der Waals surface area contributed by atoms with Crippen molar-refractivity contribution in [3.63, 3.8) is 0 Å². The summed E-state index contributed by atoms with van der Waals surface area (Å²) < 4.78 is 5.26. The highest BCUT2D eigenvalue weighted by molar-refractivity contribution is 6.31. The van der Waals surface area contributed by atoms with Crippen LogP contribution in [0.1, 0.15) is 19.4 Å². The van der Waals surface area contributed by atoms with E-state index in [2.05, 4.69) is 5.32 Å². The number of carbonyl (C=O) groups excluding carboxylic acids is 1. The standard InChI is InChI=1S/C18H20ClNO2/c1-18(2,12-13-7-5-4-6-8-13)17(21)20-15-11-14(19)9-10-16(15)22-3/h4-11H,12H2,1-3H3,(H,20,21). The summed E-state index contributed by atoms with van der Waals surface area (Å²) in [4.78, 5) is 12.6. The van der Waals surface area contributed by atoms with E-state index in [0.29, 0.717) is 22.9 Å². The summed E-state index contributed by atoms with van der Waals surface area (Å²) in [6.07, 6.45) is 0.655. The van der Waals surface area contributed by atoms with Gasteiger partial charge in [-0.05, 0) is 30.2 Å². The molecule has 2 aromatic rings. The van der Waals surface area contributed by atoms with E-state index in [1.165, 1.54) is 0 Å². The predicted octanol–water partition coefficient (Wildman–Crippen LogP) is 4.56. The molecule has 0 aliphatic heterocycles. The molecule has 0 saturated carbocycles. The Bertz CT molecular complexity index is 653. The Hall–Kier alpha value is -2.00. The zero-order valence-electron chi connectivity index (χ0n) is 13.0. The third-order valence-electron chi connectivity index (χ3n) is 3.51. The number of nitrogens with one attached hydrogen (secondary N) is 1. The van der Waals surface area contributed by atoms with Crippen LogP contribution >= 0.6 is 11.6 Å². The first-order valence-corrected chi connectivity index (χ1v) is 7.49. The highest BCUT2D eigenvalue weighted by Crippen LogP contribution is 2.30. The first-order chi connectivity index (χ1) is 10.4. The van der Waals surface area contributed by atoms with Crippen LogP contribution in [0, 0.1) is 5.41 Å². The van der Waals surface area contributed by atoms with E-state index in [9.17, 15) is 4.79 Å². The van der Waals surface area contributed by atoms with Crippen LogP contribution in [-0.2, 0) is 11.2 Å². The van der Waals surface area contributed by atoms with Gasteiger partial charge in [0.1, 0.15) is 5.75 Å². The summed E-state index contributed by atoms with van der Waals surface area (Å²) in [6.45, 7) is 3.85. The van der Waals surface area contributed by atoms with Gasteiger partial charge in [0.15, 0.2) is 0 Å². The van der Waals surface area contributed by atoms with Crippen LogP contribution in [0.5, 0.6) is 5.75 Å². The molecule has 0 atom stereocenters. The van der Waals surface area contributed by atoms with Gasteiger partial charge in [-0.2, -0.15) is 0 Å². The number of halogens is 1. The maximum Gasteiger partial charge on any atom is 0.230 e. The molecule has 3 nitrogen and oxygen atoms in total. The fourth-order valence-electron chi connectivity index (χ4n) is 2.26. The number of hydrogen-bond donors (Lipinski definition) is 1. The monoisotopic (exact) mass is 317 g/mol. The highest BCUT2D eigenvalue weighted by Gasteiger charge is 2.28. The van der Waals surface area contributed by atoms with Crippen LogP contribution in [0.2, 0.25) is 5.02 Å². The van der Waals surface area contributed by atoms with E-state index in [1.807, 2.05) is 44.2 Å². The zero-order valence-corrected chi connectivity index (χ0v) is 13.8. The minimum atomic E-state index is -0.547. The lowest BCUT2D eigenvalue weighted by Gasteiger charge is -2.24. The van der Waals surface area contributed by atoms with Crippen molar-refractivity contribution in [3.05, 3.63) is 59.1 Å². The summed E-state index contributed by atoms with van der Waals surface area (Å²) >= 11 is 5.99. The predicted molar refractivity (Wildman–Crippen MR) is 90.6 cm³/mol. The van der Waals surface area contributed by atoms with Gasteiger partial charge in [-0.15, -0.1) is 0 Å². The minimum absolute atomic E-state index is 0.0723. The molecule has 0 aromatic heterocycles. The average Bonchev–Trinajstić information content (AvgIpc) is 2.48. The van der Waals surface area contributed by atoms with E-state index in [1.54, 1.807) is 25.3 Å². The van der Waals surface area contributed by atoms with Gasteiger partial charge in [0.05, 0.1) is 12.8 Å². The van der Waals surface area contributed by atoms with Crippen molar-refractivity contribution in [2.24, 2.45) is 5.41 Å². The number of methoxy groups -OCH3 is 1. The van der Waals surface area contributed by atoms with Crippen LogP contribution in [0.4, 0.5) is 5.69 Å². The van der Waals surface area contributed by atoms with Crippen LogP contribution in [0.25, 0.3) is 0 Å². The molecular weight excluding hydrogens is 298 g/mol. The van der Waals surface area contributed by atoms with E-state index >= 15 is 0 Å². The van der Waals surface area contributed by atoms with Gasteiger partial charge in [0.25, 0.3) is 0 Å². The van der Waals surface area contributed by atoms with E-state index in [4.69, 9.17) is 16.3 Å². The first-order valence-electron chi connectivity index (χ1n) is 7.11. The molecule has 0 aliphatic carbocycles. The Morgan fingerprint density at radius 3 is 2.50 bits per heavy atom. The molecule has 0 radical (unpaired) electrons. The molecular formula is C18H20ClNO2. The van der Waals surface area contributed by atoms with Crippen molar-refractivity contribution >= 4 is 23.2 Å². The quantitative estimate of drug-likeness (QED) is 0.878. The molecule has 1 N–H and O–H groups in total. The second kappa shape index (κ2) is 6.84. The lowest BCUT2D eigenvalue weighted by Crippen LogP contribution is -2.32. The molecule has 0 unspecified atom stereocenters. The molecule has 22 heavy (non-hydrogen) atoms. The van der Waals surface area contributed by atoms with Crippen molar-refractivity contribution in [3.8, 4) is 5.75 Å². The Kier molecular flexibility index (Phi) is 5.09. The Morgan fingerprint density at radius 2 is 1.86 bits per heavy atom. The van der Waals surface area contributed by atoms with Crippen molar-refractivity contribution in [1.29, 1.82) is 0 Å². The van der Waals surface area contributed by atoms with Crippen molar-refractivity contribution in [2.45, 2.75) is 20.3 Å². The SMILES string of the molecule is COc1ccc(Cl)cc1NC(=O)C(C)(C)Cc1ccccc1. The van der Waals surface area contributed by atoms with Gasteiger partial charge in [-0.25, -0.2) is 0 Å². The number of anilines is 1. The lowest BCUT2D eigenvalue weighted by atomic mass is 9.84. The van der Waals surface area contributed by atoms with Gasteiger partial charge in [0, 0.05) is 10.4 Å². The third kappa shape index (κ3) is 4.01. The molecule has 0 aliphatic rings. The molecule has 116 valence electrons. The molecule has 0 bridgehead atoms. The van der Waals surface area contributed by atoms with Crippen molar-refractivity contribution in [1.82, 2.24) is 0 Å². The summed E-state index contributed by atoms with van der Waals surface area (Å²) in [6, 6.07) is 15.1. The molecule has 2 aromatic carbocycles. The van der Waals surface area contributed by atoms with Crippen molar-refractivity contribution in [2.75, 3.05) is 12.4 Å². The van der Waals surface area contributed by atoms with Crippen LogP contribution in [-0.4, -0.2) is 13.0 Å². The summed E-state index contributed by atoms with van der Waals surface area (Å²) in [7, 11) is 1.56. The molecule has 0 fully saturated rings. The molecule has 0 saturated heterocycles. The molecule has 0 spiro atoms. The number of carbonyl (C=O) groups is 1. The Labute approximate surface area is 136 Å². The molecule has 0 heterocycles. The van der Waals surface area contributed by atoms with E-state index in [0.717, 1.165) is 5.56 Å². The lowest BCUT2D eigenvalue weighted by molar-refractivity contribution is -0.123. The second-order valence-electron chi connectivity index (χ2n) is 5.84. The summed E-state index contributed by atoms with van der Waals surface area (Å²) in [5, 5.41) is 3.47. The number of ether oxygens (including phenoxy) is 1. The summed E-state index contributed by atoms with van der Waals surface area (Å²) in [5.41, 5.74) is 1.16. The maximum absolute atomic E-state index is 12.6. The number of amides is 1. The van der Waals surface area contributed by atoms with Crippen LogP contribution in [0.3, 0.4) is 0 Å². The highest BCUT2D eigenvalue weighted by atomic mass is 35.5. The Morgan fingerprint density at radius 1 is 1.18 bits per heavy atom. The number of hydrogen-bond acceptors (Lipinski definition) is 2. The third-order valence-corrected chi connectivity index (χ3v) is 3.75. The molecule has 1 amide bonds. The minimum Gasteiger partial charge on any atom is -0.495 e.